The molecule has 70 valence electrons. The SMILES string of the molecule is CC(=O)OC(C)c1cccc(C)c1. The highest BCUT2D eigenvalue weighted by Gasteiger charge is 2.07. The Balaban J connectivity index is 2.76. The second-order valence-corrected chi connectivity index (χ2v) is 3.17. The molecule has 1 rings (SSSR count). The van der Waals surface area contributed by atoms with Crippen molar-refractivity contribution in [1.29, 1.82) is 0 Å². The van der Waals surface area contributed by atoms with E-state index in [1.165, 1.54) is 12.5 Å². The lowest BCUT2D eigenvalue weighted by atomic mass is 10.1. The van der Waals surface area contributed by atoms with Crippen LogP contribution in [0.25, 0.3) is 0 Å². The summed E-state index contributed by atoms with van der Waals surface area (Å²) in [5, 5.41) is 0. The van der Waals surface area contributed by atoms with E-state index in [0.717, 1.165) is 5.56 Å². The van der Waals surface area contributed by atoms with Crippen LogP contribution < -0.4 is 0 Å². The largest absolute Gasteiger partial charge is 0.458 e. The lowest BCUT2D eigenvalue weighted by Crippen LogP contribution is -2.04. The fraction of sp³-hybridized carbons (Fsp3) is 0.364. The molecule has 13 heavy (non-hydrogen) atoms. The van der Waals surface area contributed by atoms with E-state index in [4.69, 9.17) is 4.74 Å². The molecule has 0 spiro atoms. The predicted molar refractivity (Wildman–Crippen MR) is 51.4 cm³/mol. The Morgan fingerprint density at radius 2 is 2.15 bits per heavy atom. The molecule has 0 aromatic heterocycles. The number of carbonyl (C=O) groups excluding carboxylic acids is 1. The first-order valence-electron chi connectivity index (χ1n) is 4.33. The summed E-state index contributed by atoms with van der Waals surface area (Å²) in [6.07, 6.45) is -0.155. The van der Waals surface area contributed by atoms with Crippen molar-refractivity contribution in [3.63, 3.8) is 0 Å². The van der Waals surface area contributed by atoms with Gasteiger partial charge in [0.25, 0.3) is 0 Å². The topological polar surface area (TPSA) is 26.3 Å². The van der Waals surface area contributed by atoms with Crippen LogP contribution in [0, 0.1) is 6.92 Å². The van der Waals surface area contributed by atoms with Gasteiger partial charge in [0, 0.05) is 6.92 Å². The highest BCUT2D eigenvalue weighted by Crippen LogP contribution is 2.17. The molecule has 1 aromatic rings. The van der Waals surface area contributed by atoms with Gasteiger partial charge < -0.3 is 4.74 Å². The van der Waals surface area contributed by atoms with Gasteiger partial charge in [0.15, 0.2) is 0 Å². The van der Waals surface area contributed by atoms with Crippen molar-refractivity contribution in [1.82, 2.24) is 0 Å². The minimum atomic E-state index is -0.242. The van der Waals surface area contributed by atoms with Gasteiger partial charge in [0.1, 0.15) is 6.10 Å². The van der Waals surface area contributed by atoms with Crippen LogP contribution in [0.1, 0.15) is 31.1 Å². The fourth-order valence-corrected chi connectivity index (χ4v) is 1.24. The van der Waals surface area contributed by atoms with Crippen LogP contribution in [-0.4, -0.2) is 5.97 Å². The highest BCUT2D eigenvalue weighted by atomic mass is 16.5. The first-order chi connectivity index (χ1) is 6.09. The van der Waals surface area contributed by atoms with Crippen molar-refractivity contribution < 1.29 is 9.53 Å². The van der Waals surface area contributed by atoms with E-state index in [1.54, 1.807) is 0 Å². The number of benzene rings is 1. The van der Waals surface area contributed by atoms with E-state index in [2.05, 4.69) is 0 Å². The van der Waals surface area contributed by atoms with Crippen molar-refractivity contribution in [2.75, 3.05) is 0 Å². The molecule has 1 unspecified atom stereocenters. The van der Waals surface area contributed by atoms with Gasteiger partial charge in [0.2, 0.25) is 0 Å². The molecule has 0 heterocycles. The maximum atomic E-state index is 10.7. The van der Waals surface area contributed by atoms with Crippen molar-refractivity contribution >= 4 is 5.97 Å². The molecule has 0 amide bonds. The predicted octanol–water partition coefficient (Wildman–Crippen LogP) is 2.62. The smallest absolute Gasteiger partial charge is 0.303 e. The monoisotopic (exact) mass is 178 g/mol. The summed E-state index contributed by atoms with van der Waals surface area (Å²) in [6, 6.07) is 7.96. The van der Waals surface area contributed by atoms with E-state index in [1.807, 2.05) is 38.1 Å². The number of esters is 1. The molecule has 0 aliphatic heterocycles. The van der Waals surface area contributed by atoms with Crippen LogP contribution in [0.15, 0.2) is 24.3 Å². The molecule has 1 atom stereocenters. The van der Waals surface area contributed by atoms with E-state index in [-0.39, 0.29) is 12.1 Å². The Bertz CT molecular complexity index is 305. The second kappa shape index (κ2) is 4.08. The second-order valence-electron chi connectivity index (χ2n) is 3.17. The molecule has 0 bridgehead atoms. The van der Waals surface area contributed by atoms with Crippen LogP contribution in [0.4, 0.5) is 0 Å². The Morgan fingerprint density at radius 1 is 1.46 bits per heavy atom. The number of aryl methyl sites for hydroxylation is 1. The first-order valence-corrected chi connectivity index (χ1v) is 4.33. The minimum Gasteiger partial charge on any atom is -0.458 e. The third-order valence-electron chi connectivity index (χ3n) is 1.85. The lowest BCUT2D eigenvalue weighted by Gasteiger charge is -2.12. The van der Waals surface area contributed by atoms with Gasteiger partial charge in [-0.15, -0.1) is 0 Å². The maximum Gasteiger partial charge on any atom is 0.303 e. The van der Waals surface area contributed by atoms with E-state index in [0.29, 0.717) is 0 Å². The van der Waals surface area contributed by atoms with Gasteiger partial charge in [-0.25, -0.2) is 0 Å². The zero-order valence-corrected chi connectivity index (χ0v) is 8.20. The van der Waals surface area contributed by atoms with Crippen LogP contribution in [-0.2, 0) is 9.53 Å². The molecule has 0 aliphatic rings. The van der Waals surface area contributed by atoms with Gasteiger partial charge in [-0.2, -0.15) is 0 Å². The van der Waals surface area contributed by atoms with E-state index >= 15 is 0 Å². The summed E-state index contributed by atoms with van der Waals surface area (Å²) in [5.74, 6) is -0.242. The normalized spacial score (nSPS) is 12.2. The van der Waals surface area contributed by atoms with Crippen molar-refractivity contribution in [2.45, 2.75) is 26.9 Å². The highest BCUT2D eigenvalue weighted by molar-refractivity contribution is 5.66. The summed E-state index contributed by atoms with van der Waals surface area (Å²) >= 11 is 0. The molecule has 0 saturated heterocycles. The molecule has 1 aromatic carbocycles. The van der Waals surface area contributed by atoms with Crippen LogP contribution in [0.5, 0.6) is 0 Å². The van der Waals surface area contributed by atoms with Crippen molar-refractivity contribution in [3.05, 3.63) is 35.4 Å². The summed E-state index contributed by atoms with van der Waals surface area (Å²) in [4.78, 5) is 10.7. The van der Waals surface area contributed by atoms with Crippen LogP contribution >= 0.6 is 0 Å². The number of rotatable bonds is 2. The first kappa shape index (κ1) is 9.78. The quantitative estimate of drug-likeness (QED) is 0.651. The van der Waals surface area contributed by atoms with E-state index in [9.17, 15) is 4.79 Å². The van der Waals surface area contributed by atoms with Crippen LogP contribution in [0.3, 0.4) is 0 Å². The minimum absolute atomic E-state index is 0.155. The zero-order valence-electron chi connectivity index (χ0n) is 8.20. The molecule has 2 heteroatoms. The average molecular weight is 178 g/mol. The number of hydrogen-bond donors (Lipinski definition) is 0. The fourth-order valence-electron chi connectivity index (χ4n) is 1.24. The number of hydrogen-bond acceptors (Lipinski definition) is 2. The molecule has 0 aliphatic carbocycles. The molecule has 0 N–H and O–H groups in total. The number of ether oxygens (including phenoxy) is 1. The van der Waals surface area contributed by atoms with E-state index < -0.39 is 0 Å². The van der Waals surface area contributed by atoms with Gasteiger partial charge in [-0.1, -0.05) is 29.8 Å². The lowest BCUT2D eigenvalue weighted by molar-refractivity contribution is -0.145. The maximum absolute atomic E-state index is 10.7. The third-order valence-corrected chi connectivity index (χ3v) is 1.85. The van der Waals surface area contributed by atoms with Crippen LogP contribution in [0.2, 0.25) is 0 Å². The Labute approximate surface area is 78.5 Å². The Kier molecular flexibility index (Phi) is 3.07. The molecule has 0 radical (unpaired) electrons. The molecule has 0 fully saturated rings. The summed E-state index contributed by atoms with van der Waals surface area (Å²) < 4.78 is 5.05. The Hall–Kier alpha value is -1.31. The third kappa shape index (κ3) is 2.90. The summed E-state index contributed by atoms with van der Waals surface area (Å²) in [6.45, 7) is 5.31. The average Bonchev–Trinajstić information content (AvgIpc) is 2.03. The standard InChI is InChI=1S/C11H14O2/c1-8-5-4-6-11(7-8)9(2)13-10(3)12/h4-7,9H,1-3H3. The molecule has 0 saturated carbocycles. The molecule has 2 nitrogen and oxygen atoms in total. The van der Waals surface area contributed by atoms with Crippen molar-refractivity contribution in [3.8, 4) is 0 Å². The van der Waals surface area contributed by atoms with Gasteiger partial charge in [-0.05, 0) is 19.4 Å². The number of carbonyl (C=O) groups is 1. The zero-order chi connectivity index (χ0) is 9.84. The van der Waals surface area contributed by atoms with Gasteiger partial charge in [-0.3, -0.25) is 4.79 Å². The summed E-state index contributed by atoms with van der Waals surface area (Å²) in [5.41, 5.74) is 2.21. The summed E-state index contributed by atoms with van der Waals surface area (Å²) in [7, 11) is 0. The molecular formula is C11H14O2. The Morgan fingerprint density at radius 3 is 2.69 bits per heavy atom. The van der Waals surface area contributed by atoms with Crippen molar-refractivity contribution in [2.24, 2.45) is 0 Å². The molecular weight excluding hydrogens is 164 g/mol. The van der Waals surface area contributed by atoms with Gasteiger partial charge in [0.05, 0.1) is 0 Å². The van der Waals surface area contributed by atoms with Gasteiger partial charge >= 0.3 is 5.97 Å².